The summed E-state index contributed by atoms with van der Waals surface area (Å²) in [4.78, 5) is 16.0. The van der Waals surface area contributed by atoms with Crippen molar-refractivity contribution in [3.8, 4) is 0 Å². The zero-order valence-corrected chi connectivity index (χ0v) is 10.8. The van der Waals surface area contributed by atoms with Crippen LogP contribution in [0.3, 0.4) is 0 Å². The van der Waals surface area contributed by atoms with Crippen molar-refractivity contribution in [2.75, 3.05) is 19.0 Å². The number of hydrogen-bond acceptors (Lipinski definition) is 4. The fourth-order valence-corrected chi connectivity index (χ4v) is 2.03. The first-order chi connectivity index (χ1) is 9.26. The van der Waals surface area contributed by atoms with Gasteiger partial charge in [0.25, 0.3) is 0 Å². The van der Waals surface area contributed by atoms with Gasteiger partial charge in [0.05, 0.1) is 18.2 Å². The Kier molecular flexibility index (Phi) is 3.07. The molecule has 1 fully saturated rings. The molecule has 4 nitrogen and oxygen atoms in total. The minimum absolute atomic E-state index is 0.333. The number of ether oxygens (including phenoxy) is 1. The Morgan fingerprint density at radius 2 is 2.16 bits per heavy atom. The number of esters is 1. The molecular weight excluding hydrogens is 240 g/mol. The van der Waals surface area contributed by atoms with Gasteiger partial charge in [0, 0.05) is 11.9 Å². The van der Waals surface area contributed by atoms with Crippen molar-refractivity contribution < 1.29 is 9.53 Å². The Morgan fingerprint density at radius 3 is 2.89 bits per heavy atom. The number of carbonyl (C=O) groups is 1. The van der Waals surface area contributed by atoms with E-state index in [0.29, 0.717) is 5.56 Å². The molecule has 1 aliphatic carbocycles. The van der Waals surface area contributed by atoms with E-state index in [4.69, 9.17) is 4.74 Å². The third-order valence-electron chi connectivity index (χ3n) is 3.38. The molecule has 0 amide bonds. The summed E-state index contributed by atoms with van der Waals surface area (Å²) in [5.74, 6) is 1.33. The second-order valence-electron chi connectivity index (χ2n) is 4.92. The summed E-state index contributed by atoms with van der Waals surface area (Å²) in [6.45, 7) is 0.981. The van der Waals surface area contributed by atoms with Gasteiger partial charge in [-0.2, -0.15) is 0 Å². The quantitative estimate of drug-likeness (QED) is 0.855. The molecule has 3 rings (SSSR count). The predicted molar refractivity (Wildman–Crippen MR) is 74.3 cm³/mol. The molecule has 0 unspecified atom stereocenters. The standard InChI is InChI=1S/C15H16N2O2/c1-19-15(18)12-5-4-11-6-7-14(17-13(11)8-12)16-9-10-2-3-10/h4-8,10H,2-3,9H2,1H3,(H,16,17). The van der Waals surface area contributed by atoms with Crippen molar-refractivity contribution in [3.63, 3.8) is 0 Å². The van der Waals surface area contributed by atoms with Crippen LogP contribution in [0.15, 0.2) is 30.3 Å². The predicted octanol–water partition coefficient (Wildman–Crippen LogP) is 2.84. The number of pyridine rings is 1. The highest BCUT2D eigenvalue weighted by Gasteiger charge is 2.20. The number of methoxy groups -OCH3 is 1. The molecule has 0 atom stereocenters. The summed E-state index contributed by atoms with van der Waals surface area (Å²) < 4.78 is 4.72. The Bertz CT molecular complexity index is 621. The lowest BCUT2D eigenvalue weighted by atomic mass is 10.1. The van der Waals surface area contributed by atoms with Gasteiger partial charge in [0.1, 0.15) is 5.82 Å². The molecular formula is C15H16N2O2. The van der Waals surface area contributed by atoms with Gasteiger partial charge in [-0.05, 0) is 43.0 Å². The van der Waals surface area contributed by atoms with Crippen LogP contribution in [0.5, 0.6) is 0 Å². The van der Waals surface area contributed by atoms with E-state index < -0.39 is 0 Å². The highest BCUT2D eigenvalue weighted by molar-refractivity contribution is 5.94. The van der Waals surface area contributed by atoms with Gasteiger partial charge in [-0.25, -0.2) is 9.78 Å². The molecule has 1 heterocycles. The van der Waals surface area contributed by atoms with Crippen LogP contribution in [-0.2, 0) is 4.74 Å². The summed E-state index contributed by atoms with van der Waals surface area (Å²) >= 11 is 0. The van der Waals surface area contributed by atoms with Crippen LogP contribution in [0.1, 0.15) is 23.2 Å². The van der Waals surface area contributed by atoms with Crippen molar-refractivity contribution in [1.82, 2.24) is 4.98 Å². The number of hydrogen-bond donors (Lipinski definition) is 1. The second kappa shape index (κ2) is 4.88. The van der Waals surface area contributed by atoms with E-state index in [9.17, 15) is 4.79 Å². The first-order valence-corrected chi connectivity index (χ1v) is 6.49. The topological polar surface area (TPSA) is 51.2 Å². The SMILES string of the molecule is COC(=O)c1ccc2ccc(NCC3CC3)nc2c1. The molecule has 0 bridgehead atoms. The Labute approximate surface area is 111 Å². The van der Waals surface area contributed by atoms with Gasteiger partial charge in [-0.1, -0.05) is 6.07 Å². The Balaban J connectivity index is 1.87. The second-order valence-corrected chi connectivity index (χ2v) is 4.92. The normalized spacial score (nSPS) is 14.4. The van der Waals surface area contributed by atoms with Crippen LogP contribution < -0.4 is 5.32 Å². The molecule has 2 aromatic rings. The summed E-state index contributed by atoms with van der Waals surface area (Å²) in [7, 11) is 1.38. The van der Waals surface area contributed by atoms with Gasteiger partial charge >= 0.3 is 5.97 Å². The van der Waals surface area contributed by atoms with Crippen LogP contribution in [0.4, 0.5) is 5.82 Å². The molecule has 0 aliphatic heterocycles. The molecule has 1 N–H and O–H groups in total. The average Bonchev–Trinajstić information content (AvgIpc) is 3.27. The van der Waals surface area contributed by atoms with Gasteiger partial charge in [-0.15, -0.1) is 0 Å². The fourth-order valence-electron chi connectivity index (χ4n) is 2.03. The number of nitrogens with zero attached hydrogens (tertiary/aromatic N) is 1. The average molecular weight is 256 g/mol. The molecule has 1 aliphatic rings. The molecule has 98 valence electrons. The lowest BCUT2D eigenvalue weighted by Gasteiger charge is -2.06. The van der Waals surface area contributed by atoms with E-state index in [1.54, 1.807) is 12.1 Å². The van der Waals surface area contributed by atoms with E-state index in [0.717, 1.165) is 29.2 Å². The Hall–Kier alpha value is -2.10. The zero-order chi connectivity index (χ0) is 13.2. The van der Waals surface area contributed by atoms with E-state index in [2.05, 4.69) is 10.3 Å². The number of anilines is 1. The largest absolute Gasteiger partial charge is 0.465 e. The maximum atomic E-state index is 11.5. The van der Waals surface area contributed by atoms with Crippen LogP contribution in [0.25, 0.3) is 10.9 Å². The number of fused-ring (bicyclic) bond motifs is 1. The van der Waals surface area contributed by atoms with Gasteiger partial charge < -0.3 is 10.1 Å². The van der Waals surface area contributed by atoms with E-state index >= 15 is 0 Å². The smallest absolute Gasteiger partial charge is 0.337 e. The van der Waals surface area contributed by atoms with Gasteiger partial charge in [-0.3, -0.25) is 0 Å². The van der Waals surface area contributed by atoms with Crippen molar-refractivity contribution in [3.05, 3.63) is 35.9 Å². The number of nitrogens with one attached hydrogen (secondary N) is 1. The monoisotopic (exact) mass is 256 g/mol. The summed E-state index contributed by atoms with van der Waals surface area (Å²) in [5.41, 5.74) is 1.34. The molecule has 1 aromatic carbocycles. The lowest BCUT2D eigenvalue weighted by molar-refractivity contribution is 0.0601. The lowest BCUT2D eigenvalue weighted by Crippen LogP contribution is -2.05. The number of carbonyl (C=O) groups excluding carboxylic acids is 1. The van der Waals surface area contributed by atoms with Crippen molar-refractivity contribution in [2.45, 2.75) is 12.8 Å². The number of benzene rings is 1. The van der Waals surface area contributed by atoms with E-state index in [1.165, 1.54) is 20.0 Å². The summed E-state index contributed by atoms with van der Waals surface area (Å²) in [6, 6.07) is 9.40. The van der Waals surface area contributed by atoms with Crippen molar-refractivity contribution >= 4 is 22.7 Å². The molecule has 0 saturated heterocycles. The molecule has 4 heteroatoms. The first-order valence-electron chi connectivity index (χ1n) is 6.49. The van der Waals surface area contributed by atoms with Crippen molar-refractivity contribution in [2.24, 2.45) is 5.92 Å². The maximum absolute atomic E-state index is 11.5. The van der Waals surface area contributed by atoms with E-state index in [1.807, 2.05) is 18.2 Å². The van der Waals surface area contributed by atoms with Gasteiger partial charge in [0.2, 0.25) is 0 Å². The molecule has 1 saturated carbocycles. The van der Waals surface area contributed by atoms with E-state index in [-0.39, 0.29) is 5.97 Å². The minimum atomic E-state index is -0.333. The molecule has 0 spiro atoms. The third-order valence-corrected chi connectivity index (χ3v) is 3.38. The van der Waals surface area contributed by atoms with Crippen molar-refractivity contribution in [1.29, 1.82) is 0 Å². The first kappa shape index (κ1) is 12.0. The Morgan fingerprint density at radius 1 is 1.37 bits per heavy atom. The van der Waals surface area contributed by atoms with Gasteiger partial charge in [0.15, 0.2) is 0 Å². The molecule has 19 heavy (non-hydrogen) atoms. The maximum Gasteiger partial charge on any atom is 0.337 e. The highest BCUT2D eigenvalue weighted by atomic mass is 16.5. The molecule has 0 radical (unpaired) electrons. The minimum Gasteiger partial charge on any atom is -0.465 e. The fraction of sp³-hybridized carbons (Fsp3) is 0.333. The van der Waals surface area contributed by atoms with Crippen LogP contribution in [0, 0.1) is 5.92 Å². The number of rotatable bonds is 4. The third kappa shape index (κ3) is 2.67. The van der Waals surface area contributed by atoms with Crippen LogP contribution in [-0.4, -0.2) is 24.6 Å². The summed E-state index contributed by atoms with van der Waals surface area (Å²) in [5, 5.41) is 4.35. The van der Waals surface area contributed by atoms with Crippen LogP contribution in [0.2, 0.25) is 0 Å². The zero-order valence-electron chi connectivity index (χ0n) is 10.8. The number of aromatic nitrogens is 1. The highest BCUT2D eigenvalue weighted by Crippen LogP contribution is 2.29. The summed E-state index contributed by atoms with van der Waals surface area (Å²) in [6.07, 6.45) is 2.63. The van der Waals surface area contributed by atoms with Crippen LogP contribution >= 0.6 is 0 Å². The molecule has 1 aromatic heterocycles.